The van der Waals surface area contributed by atoms with Crippen molar-refractivity contribution in [3.05, 3.63) is 0 Å². The van der Waals surface area contributed by atoms with E-state index in [1.165, 1.54) is 6.92 Å². The highest BCUT2D eigenvalue weighted by Crippen LogP contribution is 2.10. The molecule has 94 valence electrons. The molecule has 0 heterocycles. The van der Waals surface area contributed by atoms with Gasteiger partial charge in [-0.25, -0.2) is 4.79 Å². The lowest BCUT2D eigenvalue weighted by atomic mass is 9.99. The van der Waals surface area contributed by atoms with Crippen LogP contribution < -0.4 is 5.32 Å². The number of unbranched alkanes of at least 4 members (excludes halogenated alkanes) is 1. The van der Waals surface area contributed by atoms with E-state index >= 15 is 0 Å². The fourth-order valence-electron chi connectivity index (χ4n) is 1.20. The smallest absolute Gasteiger partial charge is 0.329 e. The molecule has 2 N–H and O–H groups in total. The molecule has 0 aromatic heterocycles. The van der Waals surface area contributed by atoms with Gasteiger partial charge in [0.05, 0.1) is 0 Å². The topological polar surface area (TPSA) is 75.6 Å². The lowest BCUT2D eigenvalue weighted by molar-refractivity contribution is -0.147. The van der Waals surface area contributed by atoms with Crippen LogP contribution in [0.5, 0.6) is 0 Å². The molecule has 0 aliphatic carbocycles. The van der Waals surface area contributed by atoms with E-state index in [4.69, 9.17) is 9.84 Å². The third-order valence-corrected chi connectivity index (χ3v) is 2.60. The normalized spacial score (nSPS) is 14.2. The van der Waals surface area contributed by atoms with E-state index in [2.05, 4.69) is 5.32 Å². The average molecular weight is 231 g/mol. The Balaban J connectivity index is 3.98. The third kappa shape index (κ3) is 5.11. The van der Waals surface area contributed by atoms with Gasteiger partial charge in [-0.05, 0) is 26.2 Å². The highest BCUT2D eigenvalue weighted by Gasteiger charge is 2.32. The zero-order valence-corrected chi connectivity index (χ0v) is 10.2. The maximum atomic E-state index is 11.5. The number of hydrogen-bond acceptors (Lipinski definition) is 3. The number of carboxylic acids is 1. The molecule has 0 aromatic rings. The number of carbonyl (C=O) groups excluding carboxylic acids is 1. The first-order valence-corrected chi connectivity index (χ1v) is 5.49. The van der Waals surface area contributed by atoms with E-state index in [-0.39, 0.29) is 5.91 Å². The minimum absolute atomic E-state index is 0.220. The monoisotopic (exact) mass is 231 g/mol. The number of methoxy groups -OCH3 is 1. The first-order chi connectivity index (χ1) is 7.46. The average Bonchev–Trinajstić information content (AvgIpc) is 2.24. The zero-order valence-electron chi connectivity index (χ0n) is 10.2. The molecule has 0 bridgehead atoms. The van der Waals surface area contributed by atoms with Crippen LogP contribution in [0.4, 0.5) is 0 Å². The molecule has 16 heavy (non-hydrogen) atoms. The summed E-state index contributed by atoms with van der Waals surface area (Å²) >= 11 is 0. The SMILES string of the molecule is CCC(C)(NC(=O)CCCCOC)C(=O)O. The molecule has 0 aromatic carbocycles. The molecule has 0 radical (unpaired) electrons. The quantitative estimate of drug-likeness (QED) is 0.615. The van der Waals surface area contributed by atoms with E-state index in [1.54, 1.807) is 14.0 Å². The molecule has 1 unspecified atom stereocenters. The Morgan fingerprint density at radius 2 is 2.00 bits per heavy atom. The number of rotatable bonds is 8. The zero-order chi connectivity index (χ0) is 12.6. The molecule has 1 atom stereocenters. The Morgan fingerprint density at radius 3 is 2.44 bits per heavy atom. The van der Waals surface area contributed by atoms with E-state index in [0.29, 0.717) is 25.9 Å². The molecule has 1 amide bonds. The summed E-state index contributed by atoms with van der Waals surface area (Å²) in [6, 6.07) is 0. The van der Waals surface area contributed by atoms with Crippen molar-refractivity contribution in [3.63, 3.8) is 0 Å². The van der Waals surface area contributed by atoms with Gasteiger partial charge in [-0.1, -0.05) is 6.92 Å². The fraction of sp³-hybridized carbons (Fsp3) is 0.818. The van der Waals surface area contributed by atoms with Crippen molar-refractivity contribution in [1.82, 2.24) is 5.32 Å². The van der Waals surface area contributed by atoms with Crippen LogP contribution in [0.1, 0.15) is 39.5 Å². The number of carboxylic acid groups (broad SMARTS) is 1. The van der Waals surface area contributed by atoms with Crippen LogP contribution >= 0.6 is 0 Å². The molecule has 0 rings (SSSR count). The van der Waals surface area contributed by atoms with Crippen molar-refractivity contribution >= 4 is 11.9 Å². The third-order valence-electron chi connectivity index (χ3n) is 2.60. The Kier molecular flexibility index (Phi) is 6.72. The summed E-state index contributed by atoms with van der Waals surface area (Å²) in [6.45, 7) is 3.87. The van der Waals surface area contributed by atoms with E-state index in [9.17, 15) is 9.59 Å². The highest BCUT2D eigenvalue weighted by molar-refractivity contribution is 5.86. The first kappa shape index (κ1) is 14.9. The number of nitrogens with one attached hydrogen (secondary N) is 1. The lowest BCUT2D eigenvalue weighted by Gasteiger charge is -2.24. The van der Waals surface area contributed by atoms with Crippen molar-refractivity contribution in [2.24, 2.45) is 0 Å². The van der Waals surface area contributed by atoms with Crippen LogP contribution in [0.15, 0.2) is 0 Å². The van der Waals surface area contributed by atoms with Crippen molar-refractivity contribution in [2.45, 2.75) is 45.1 Å². The van der Waals surface area contributed by atoms with Gasteiger partial charge in [-0.2, -0.15) is 0 Å². The Hall–Kier alpha value is -1.10. The predicted octanol–water partition coefficient (Wildman–Crippen LogP) is 1.17. The predicted molar refractivity (Wildman–Crippen MR) is 60.2 cm³/mol. The summed E-state index contributed by atoms with van der Waals surface area (Å²) < 4.78 is 4.86. The van der Waals surface area contributed by atoms with Crippen molar-refractivity contribution in [2.75, 3.05) is 13.7 Å². The molecule has 0 saturated heterocycles. The second kappa shape index (κ2) is 7.22. The van der Waals surface area contributed by atoms with Gasteiger partial charge in [0, 0.05) is 20.1 Å². The van der Waals surface area contributed by atoms with Gasteiger partial charge in [0.2, 0.25) is 5.91 Å². The highest BCUT2D eigenvalue weighted by atomic mass is 16.5. The van der Waals surface area contributed by atoms with E-state index in [1.807, 2.05) is 0 Å². The van der Waals surface area contributed by atoms with E-state index in [0.717, 1.165) is 6.42 Å². The minimum atomic E-state index is -1.15. The summed E-state index contributed by atoms with van der Waals surface area (Å²) in [5.41, 5.74) is -1.15. The van der Waals surface area contributed by atoms with Crippen LogP contribution in [0.25, 0.3) is 0 Å². The standard InChI is InChI=1S/C11H21NO4/c1-4-11(2,10(14)15)12-9(13)7-5-6-8-16-3/h4-8H2,1-3H3,(H,12,13)(H,14,15). The maximum absolute atomic E-state index is 11.5. The molecule has 0 aliphatic rings. The molecule has 0 spiro atoms. The first-order valence-electron chi connectivity index (χ1n) is 5.49. The second-order valence-corrected chi connectivity index (χ2v) is 3.99. The summed E-state index contributed by atoms with van der Waals surface area (Å²) in [5, 5.41) is 11.5. The molecular weight excluding hydrogens is 210 g/mol. The van der Waals surface area contributed by atoms with Gasteiger partial charge < -0.3 is 15.2 Å². The molecule has 0 fully saturated rings. The number of ether oxygens (including phenoxy) is 1. The van der Waals surface area contributed by atoms with Crippen molar-refractivity contribution < 1.29 is 19.4 Å². The summed E-state index contributed by atoms with van der Waals surface area (Å²) in [4.78, 5) is 22.4. The molecular formula is C11H21NO4. The minimum Gasteiger partial charge on any atom is -0.480 e. The maximum Gasteiger partial charge on any atom is 0.329 e. The summed E-state index contributed by atoms with van der Waals surface area (Å²) in [7, 11) is 1.61. The van der Waals surface area contributed by atoms with Crippen LogP contribution in [-0.4, -0.2) is 36.2 Å². The number of amides is 1. The van der Waals surface area contributed by atoms with Gasteiger partial charge in [-0.15, -0.1) is 0 Å². The lowest BCUT2D eigenvalue weighted by Crippen LogP contribution is -2.51. The van der Waals surface area contributed by atoms with Gasteiger partial charge in [0.25, 0.3) is 0 Å². The Bertz CT molecular complexity index is 242. The number of hydrogen-bond donors (Lipinski definition) is 2. The van der Waals surface area contributed by atoms with Crippen LogP contribution in [0, 0.1) is 0 Å². The number of carbonyl (C=O) groups is 2. The molecule has 5 nitrogen and oxygen atoms in total. The van der Waals surface area contributed by atoms with Crippen molar-refractivity contribution in [3.8, 4) is 0 Å². The van der Waals surface area contributed by atoms with E-state index < -0.39 is 11.5 Å². The fourth-order valence-corrected chi connectivity index (χ4v) is 1.20. The largest absolute Gasteiger partial charge is 0.480 e. The van der Waals surface area contributed by atoms with Crippen LogP contribution in [0.2, 0.25) is 0 Å². The van der Waals surface area contributed by atoms with Gasteiger partial charge in [0.15, 0.2) is 0 Å². The molecule has 0 saturated carbocycles. The number of aliphatic carboxylic acids is 1. The Morgan fingerprint density at radius 1 is 1.38 bits per heavy atom. The van der Waals surface area contributed by atoms with Crippen LogP contribution in [0.3, 0.4) is 0 Å². The molecule has 0 aliphatic heterocycles. The van der Waals surface area contributed by atoms with Gasteiger partial charge in [-0.3, -0.25) is 4.79 Å². The molecule has 5 heteroatoms. The van der Waals surface area contributed by atoms with Gasteiger partial charge in [0.1, 0.15) is 5.54 Å². The summed E-state index contributed by atoms with van der Waals surface area (Å²) in [5.74, 6) is -1.22. The van der Waals surface area contributed by atoms with Crippen LogP contribution in [-0.2, 0) is 14.3 Å². The van der Waals surface area contributed by atoms with Gasteiger partial charge >= 0.3 is 5.97 Å². The Labute approximate surface area is 96.2 Å². The summed E-state index contributed by atoms with van der Waals surface area (Å²) in [6.07, 6.45) is 2.22. The van der Waals surface area contributed by atoms with Crippen molar-refractivity contribution in [1.29, 1.82) is 0 Å². The second-order valence-electron chi connectivity index (χ2n) is 3.99.